The van der Waals surface area contributed by atoms with Crippen molar-refractivity contribution in [2.75, 3.05) is 27.2 Å². The first-order valence-electron chi connectivity index (χ1n) is 8.63. The molecule has 0 saturated heterocycles. The summed E-state index contributed by atoms with van der Waals surface area (Å²) in [5, 5.41) is 11.2. The number of nitrogens with one attached hydrogen (secondary N) is 2. The summed E-state index contributed by atoms with van der Waals surface area (Å²) in [6, 6.07) is 5.70. The number of guanidine groups is 1. The second kappa shape index (κ2) is 10.0. The van der Waals surface area contributed by atoms with Gasteiger partial charge >= 0.3 is 0 Å². The van der Waals surface area contributed by atoms with Crippen LogP contribution >= 0.6 is 11.6 Å². The van der Waals surface area contributed by atoms with Crippen LogP contribution in [0.3, 0.4) is 0 Å². The first-order chi connectivity index (χ1) is 12.5. The van der Waals surface area contributed by atoms with E-state index in [0.29, 0.717) is 30.4 Å². The van der Waals surface area contributed by atoms with E-state index in [2.05, 4.69) is 25.8 Å². The predicted octanol–water partition coefficient (Wildman–Crippen LogP) is 2.81. The molecule has 26 heavy (non-hydrogen) atoms. The highest BCUT2D eigenvalue weighted by Gasteiger charge is 2.09. The number of rotatable bonds is 8. The van der Waals surface area contributed by atoms with Crippen LogP contribution in [0.25, 0.3) is 0 Å². The van der Waals surface area contributed by atoms with Gasteiger partial charge in [-0.3, -0.25) is 4.99 Å². The maximum Gasteiger partial charge on any atom is 0.228 e. The fourth-order valence-electron chi connectivity index (χ4n) is 2.29. The Hall–Kier alpha value is -2.28. The summed E-state index contributed by atoms with van der Waals surface area (Å²) in [4.78, 5) is 8.56. The molecule has 0 fully saturated rings. The van der Waals surface area contributed by atoms with Gasteiger partial charge in [-0.25, -0.2) is 0 Å². The molecule has 0 atom stereocenters. The van der Waals surface area contributed by atoms with E-state index in [1.807, 2.05) is 32.0 Å². The van der Waals surface area contributed by atoms with E-state index in [1.54, 1.807) is 14.2 Å². The minimum absolute atomic E-state index is 0.264. The molecule has 2 aromatic rings. The molecule has 0 radical (unpaired) electrons. The molecule has 0 aliphatic heterocycles. The Balaban J connectivity index is 1.73. The van der Waals surface area contributed by atoms with E-state index in [9.17, 15) is 0 Å². The van der Waals surface area contributed by atoms with E-state index in [-0.39, 0.29) is 5.92 Å². The number of aliphatic imine (C=N–C) groups is 1. The molecular weight excluding hydrogens is 354 g/mol. The topological polar surface area (TPSA) is 84.6 Å². The van der Waals surface area contributed by atoms with Crippen LogP contribution in [0.5, 0.6) is 5.75 Å². The van der Waals surface area contributed by atoms with Crippen molar-refractivity contribution < 1.29 is 9.26 Å². The molecule has 0 amide bonds. The number of methoxy groups -OCH3 is 1. The summed E-state index contributed by atoms with van der Waals surface area (Å²) in [5.41, 5.74) is 1.06. The van der Waals surface area contributed by atoms with Gasteiger partial charge in [-0.15, -0.1) is 0 Å². The maximum atomic E-state index is 6.26. The molecule has 142 valence electrons. The van der Waals surface area contributed by atoms with E-state index < -0.39 is 0 Å². The van der Waals surface area contributed by atoms with Crippen LogP contribution in [0.15, 0.2) is 27.7 Å². The van der Waals surface area contributed by atoms with Crippen LogP contribution in [0.4, 0.5) is 0 Å². The highest BCUT2D eigenvalue weighted by molar-refractivity contribution is 6.31. The van der Waals surface area contributed by atoms with Gasteiger partial charge in [-0.1, -0.05) is 36.7 Å². The number of ether oxygens (including phenoxy) is 1. The van der Waals surface area contributed by atoms with Crippen LogP contribution in [-0.4, -0.2) is 43.3 Å². The van der Waals surface area contributed by atoms with Crippen LogP contribution in [0.2, 0.25) is 5.02 Å². The van der Waals surface area contributed by atoms with E-state index in [0.717, 1.165) is 29.5 Å². The number of halogens is 1. The molecule has 7 nitrogen and oxygen atoms in total. The second-order valence-electron chi connectivity index (χ2n) is 6.08. The van der Waals surface area contributed by atoms with Crippen LogP contribution in [0.1, 0.15) is 37.0 Å². The van der Waals surface area contributed by atoms with Gasteiger partial charge in [0.15, 0.2) is 11.8 Å². The SMILES string of the molecule is CN=C(NCCc1nc(C(C)C)no1)NCCc1ccc(OC)cc1Cl. The van der Waals surface area contributed by atoms with Gasteiger partial charge in [0.05, 0.1) is 7.11 Å². The van der Waals surface area contributed by atoms with Crippen molar-refractivity contribution in [1.82, 2.24) is 20.8 Å². The molecule has 0 unspecified atom stereocenters. The lowest BCUT2D eigenvalue weighted by Crippen LogP contribution is -2.39. The van der Waals surface area contributed by atoms with Gasteiger partial charge in [0.2, 0.25) is 5.89 Å². The average molecular weight is 380 g/mol. The standard InChI is InChI=1S/C18H26ClN5O2/c1-12(2)17-23-16(26-24-17)8-10-22-18(20-3)21-9-7-13-5-6-14(25-4)11-15(13)19/h5-6,11-12H,7-10H2,1-4H3,(H2,20,21,22). The van der Waals surface area contributed by atoms with Gasteiger partial charge in [0.25, 0.3) is 0 Å². The lowest BCUT2D eigenvalue weighted by atomic mass is 10.1. The number of hydrogen-bond acceptors (Lipinski definition) is 5. The van der Waals surface area contributed by atoms with Crippen molar-refractivity contribution in [2.45, 2.75) is 32.6 Å². The summed E-state index contributed by atoms with van der Waals surface area (Å²) in [6.07, 6.45) is 1.43. The smallest absolute Gasteiger partial charge is 0.228 e. The van der Waals surface area contributed by atoms with Gasteiger partial charge in [-0.2, -0.15) is 4.98 Å². The van der Waals surface area contributed by atoms with Gasteiger partial charge < -0.3 is 19.9 Å². The monoisotopic (exact) mass is 379 g/mol. The quantitative estimate of drug-likeness (QED) is 0.542. The molecule has 2 rings (SSSR count). The molecule has 0 saturated carbocycles. The van der Waals surface area contributed by atoms with E-state index >= 15 is 0 Å². The van der Waals surface area contributed by atoms with Gasteiger partial charge in [0.1, 0.15) is 5.75 Å². The molecule has 1 heterocycles. The molecular formula is C18H26ClN5O2. The van der Waals surface area contributed by atoms with Crippen molar-refractivity contribution in [3.63, 3.8) is 0 Å². The third-order valence-corrected chi connectivity index (χ3v) is 4.15. The van der Waals surface area contributed by atoms with Crippen LogP contribution in [0, 0.1) is 0 Å². The molecule has 1 aromatic carbocycles. The Morgan fingerprint density at radius 2 is 2.00 bits per heavy atom. The Kier molecular flexibility index (Phi) is 7.72. The van der Waals surface area contributed by atoms with Crippen LogP contribution < -0.4 is 15.4 Å². The molecule has 0 aliphatic rings. The maximum absolute atomic E-state index is 6.26. The zero-order chi connectivity index (χ0) is 18.9. The number of hydrogen-bond donors (Lipinski definition) is 2. The fourth-order valence-corrected chi connectivity index (χ4v) is 2.55. The van der Waals surface area contributed by atoms with Crippen LogP contribution in [-0.2, 0) is 12.8 Å². The lowest BCUT2D eigenvalue weighted by Gasteiger charge is -2.12. The largest absolute Gasteiger partial charge is 0.497 e. The first kappa shape index (κ1) is 20.0. The minimum Gasteiger partial charge on any atom is -0.497 e. The molecule has 1 aromatic heterocycles. The third kappa shape index (κ3) is 5.91. The summed E-state index contributed by atoms with van der Waals surface area (Å²) < 4.78 is 10.4. The third-order valence-electron chi connectivity index (χ3n) is 3.80. The Labute approximate surface area is 159 Å². The number of benzene rings is 1. The van der Waals surface area contributed by atoms with E-state index in [1.165, 1.54) is 0 Å². The van der Waals surface area contributed by atoms with Gasteiger partial charge in [0, 0.05) is 37.5 Å². The van der Waals surface area contributed by atoms with Crippen molar-refractivity contribution in [3.05, 3.63) is 40.5 Å². The van der Waals surface area contributed by atoms with E-state index in [4.69, 9.17) is 20.9 Å². The average Bonchev–Trinajstić information content (AvgIpc) is 3.10. The zero-order valence-electron chi connectivity index (χ0n) is 15.7. The highest BCUT2D eigenvalue weighted by atomic mass is 35.5. The summed E-state index contributed by atoms with van der Waals surface area (Å²) in [6.45, 7) is 5.44. The van der Waals surface area contributed by atoms with Gasteiger partial charge in [-0.05, 0) is 24.1 Å². The lowest BCUT2D eigenvalue weighted by molar-refractivity contribution is 0.371. The first-order valence-corrected chi connectivity index (χ1v) is 9.00. The Morgan fingerprint density at radius 3 is 2.58 bits per heavy atom. The van der Waals surface area contributed by atoms with Crippen molar-refractivity contribution >= 4 is 17.6 Å². The molecule has 0 aliphatic carbocycles. The van der Waals surface area contributed by atoms with Crippen molar-refractivity contribution in [1.29, 1.82) is 0 Å². The molecule has 0 bridgehead atoms. The Morgan fingerprint density at radius 1 is 1.27 bits per heavy atom. The normalized spacial score (nSPS) is 11.7. The highest BCUT2D eigenvalue weighted by Crippen LogP contribution is 2.22. The Bertz CT molecular complexity index is 730. The van der Waals surface area contributed by atoms with Crippen molar-refractivity contribution in [2.24, 2.45) is 4.99 Å². The molecule has 0 spiro atoms. The summed E-state index contributed by atoms with van der Waals surface area (Å²) in [7, 11) is 3.36. The minimum atomic E-state index is 0.264. The summed E-state index contributed by atoms with van der Waals surface area (Å²) in [5.74, 6) is 3.10. The predicted molar refractivity (Wildman–Crippen MR) is 103 cm³/mol. The second-order valence-corrected chi connectivity index (χ2v) is 6.49. The summed E-state index contributed by atoms with van der Waals surface area (Å²) >= 11 is 6.26. The molecule has 8 heteroatoms. The number of nitrogens with zero attached hydrogens (tertiary/aromatic N) is 3. The van der Waals surface area contributed by atoms with Crippen molar-refractivity contribution in [3.8, 4) is 5.75 Å². The fraction of sp³-hybridized carbons (Fsp3) is 0.500. The molecule has 2 N–H and O–H groups in total. The number of aromatic nitrogens is 2. The zero-order valence-corrected chi connectivity index (χ0v) is 16.4.